The van der Waals surface area contributed by atoms with Crippen LogP contribution in [0.3, 0.4) is 0 Å². The van der Waals surface area contributed by atoms with Crippen molar-refractivity contribution in [2.24, 2.45) is 4.36 Å². The van der Waals surface area contributed by atoms with Crippen LogP contribution < -0.4 is 10.1 Å². The molecule has 0 spiro atoms. The zero-order valence-corrected chi connectivity index (χ0v) is 18.1. The molecule has 33 heavy (non-hydrogen) atoms. The van der Waals surface area contributed by atoms with Gasteiger partial charge in [-0.15, -0.1) is 0 Å². The number of rotatable bonds is 6. The Morgan fingerprint density at radius 3 is 2.52 bits per heavy atom. The van der Waals surface area contributed by atoms with Crippen LogP contribution in [0.15, 0.2) is 53.2 Å². The number of benzene rings is 1. The maximum atomic E-state index is 14.4. The molecule has 2 aromatic heterocycles. The first-order valence-electron chi connectivity index (χ1n) is 9.24. The lowest BCUT2D eigenvalue weighted by Gasteiger charge is -2.12. The molecule has 1 unspecified atom stereocenters. The molecule has 0 saturated heterocycles. The Morgan fingerprint density at radius 2 is 1.82 bits per heavy atom. The molecule has 1 aromatic carbocycles. The number of pyridine rings is 2. The zero-order chi connectivity index (χ0) is 24.2. The molecule has 1 N–H and O–H groups in total. The monoisotopic (exact) mass is 484 g/mol. The topological polar surface area (TPSA) is 76.5 Å². The smallest absolute Gasteiger partial charge is 0.474 e. The molecule has 2 heterocycles. The Labute approximate surface area is 187 Å². The van der Waals surface area contributed by atoms with E-state index in [-0.39, 0.29) is 22.9 Å². The molecule has 3 aromatic rings. The van der Waals surface area contributed by atoms with Gasteiger partial charge in [0.1, 0.15) is 29.0 Å². The minimum atomic E-state index is -5.01. The van der Waals surface area contributed by atoms with Crippen LogP contribution in [-0.2, 0) is 21.2 Å². The molecule has 174 valence electrons. The molecule has 0 bridgehead atoms. The Kier molecular flexibility index (Phi) is 7.36. The molecule has 3 rings (SSSR count). The van der Waals surface area contributed by atoms with Crippen molar-refractivity contribution >= 4 is 28.2 Å². The van der Waals surface area contributed by atoms with E-state index in [4.69, 9.17) is 4.74 Å². The van der Waals surface area contributed by atoms with Crippen molar-refractivity contribution in [3.05, 3.63) is 66.0 Å². The normalized spacial score (nSPS) is 12.5. The second-order valence-corrected chi connectivity index (χ2v) is 8.38. The van der Waals surface area contributed by atoms with Crippen molar-refractivity contribution in [1.29, 1.82) is 0 Å². The van der Waals surface area contributed by atoms with E-state index in [2.05, 4.69) is 19.6 Å². The third-order valence-corrected chi connectivity index (χ3v) is 5.47. The Hall–Kier alpha value is -3.41. The lowest BCUT2D eigenvalue weighted by Crippen LogP contribution is -2.21. The number of hydrogen-bond donors (Lipinski definition) is 1. The Bertz CT molecular complexity index is 1220. The summed E-state index contributed by atoms with van der Waals surface area (Å²) in [5, 5.41) is 2.89. The molecule has 0 aliphatic heterocycles. The van der Waals surface area contributed by atoms with Crippen molar-refractivity contribution in [3.8, 4) is 16.9 Å². The van der Waals surface area contributed by atoms with E-state index in [0.717, 1.165) is 12.3 Å². The second kappa shape index (κ2) is 10.0. The molecule has 0 aliphatic rings. The van der Waals surface area contributed by atoms with Gasteiger partial charge in [0, 0.05) is 29.1 Å². The molecule has 0 saturated carbocycles. The summed E-state index contributed by atoms with van der Waals surface area (Å²) in [6.45, 7) is 0. The number of methoxy groups -OCH3 is 1. The highest BCUT2D eigenvalue weighted by atomic mass is 32.2. The lowest BCUT2D eigenvalue weighted by molar-refractivity contribution is -0.169. The van der Waals surface area contributed by atoms with Crippen LogP contribution >= 0.6 is 0 Å². The molecule has 0 aliphatic carbocycles. The number of nitrogens with one attached hydrogen (secondary N) is 1. The number of aromatic nitrogens is 2. The van der Waals surface area contributed by atoms with Crippen molar-refractivity contribution in [2.45, 2.75) is 11.9 Å². The quantitative estimate of drug-likeness (QED) is 0.487. The number of anilines is 2. The van der Waals surface area contributed by atoms with Crippen LogP contribution in [0.2, 0.25) is 0 Å². The SMILES string of the molecule is COc1cc(F)ccc1-c1cc(Nc2cc(CS(C)=NC(=O)C(F)(F)F)ccn2)ncc1F. The largest absolute Gasteiger partial charge is 0.496 e. The number of carbonyl (C=O) groups is 1. The first-order chi connectivity index (χ1) is 15.6. The molecule has 0 radical (unpaired) electrons. The third-order valence-electron chi connectivity index (χ3n) is 4.25. The highest BCUT2D eigenvalue weighted by Gasteiger charge is 2.38. The van der Waals surface area contributed by atoms with Gasteiger partial charge in [-0.2, -0.15) is 17.5 Å². The summed E-state index contributed by atoms with van der Waals surface area (Å²) in [7, 11) is 0.136. The number of carbonyl (C=O) groups excluding carboxylic acids is 1. The summed E-state index contributed by atoms with van der Waals surface area (Å²) in [6, 6.07) is 8.20. The summed E-state index contributed by atoms with van der Waals surface area (Å²) in [4.78, 5) is 19.1. The van der Waals surface area contributed by atoms with Crippen LogP contribution in [0.1, 0.15) is 5.56 Å². The van der Waals surface area contributed by atoms with Crippen molar-refractivity contribution in [3.63, 3.8) is 0 Å². The molecule has 6 nitrogen and oxygen atoms in total. The van der Waals surface area contributed by atoms with Crippen LogP contribution in [0.5, 0.6) is 5.75 Å². The van der Waals surface area contributed by atoms with Gasteiger partial charge >= 0.3 is 12.1 Å². The Balaban J connectivity index is 1.83. The van der Waals surface area contributed by atoms with Crippen LogP contribution in [0.25, 0.3) is 11.1 Å². The first kappa shape index (κ1) is 24.2. The molecular formula is C21H17F5N4O2S. The second-order valence-electron chi connectivity index (χ2n) is 6.71. The predicted octanol–water partition coefficient (Wildman–Crippen LogP) is 5.19. The number of ether oxygens (including phenoxy) is 1. The molecule has 1 atom stereocenters. The average molecular weight is 484 g/mol. The fourth-order valence-electron chi connectivity index (χ4n) is 2.83. The summed E-state index contributed by atoms with van der Waals surface area (Å²) in [5.74, 6) is -2.58. The van der Waals surface area contributed by atoms with Crippen LogP contribution in [0, 0.1) is 11.6 Å². The van der Waals surface area contributed by atoms with Gasteiger partial charge in [0.2, 0.25) is 0 Å². The third kappa shape index (κ3) is 6.31. The van der Waals surface area contributed by atoms with Gasteiger partial charge in [-0.25, -0.2) is 18.7 Å². The minimum absolute atomic E-state index is 0.0912. The van der Waals surface area contributed by atoms with Gasteiger partial charge in [0.25, 0.3) is 0 Å². The van der Waals surface area contributed by atoms with E-state index < -0.39 is 34.4 Å². The molecular weight excluding hydrogens is 467 g/mol. The lowest BCUT2D eigenvalue weighted by atomic mass is 10.0. The fourth-order valence-corrected chi connectivity index (χ4v) is 3.94. The maximum absolute atomic E-state index is 14.4. The predicted molar refractivity (Wildman–Crippen MR) is 114 cm³/mol. The van der Waals surface area contributed by atoms with Gasteiger partial charge in [-0.3, -0.25) is 4.79 Å². The first-order valence-corrected chi connectivity index (χ1v) is 11.0. The minimum Gasteiger partial charge on any atom is -0.496 e. The standard InChI is InChI=1S/C21H17F5N4O2S/c1-32-17-8-13(22)3-4-14(17)15-9-19(28-10-16(15)23)29-18-7-12(5-6-27-18)11-33(2)30-20(31)21(24,25)26/h3-10H,11H2,1-2H3,(H,27,28,29). The highest BCUT2D eigenvalue weighted by molar-refractivity contribution is 7.86. The number of amides is 1. The van der Waals surface area contributed by atoms with E-state index >= 15 is 0 Å². The van der Waals surface area contributed by atoms with Gasteiger partial charge in [-0.05, 0) is 42.2 Å². The number of halogens is 5. The summed E-state index contributed by atoms with van der Waals surface area (Å²) in [5.41, 5.74) is 1.01. The average Bonchev–Trinajstić information content (AvgIpc) is 2.74. The van der Waals surface area contributed by atoms with Gasteiger partial charge in [-0.1, -0.05) is 10.7 Å². The zero-order valence-electron chi connectivity index (χ0n) is 17.3. The maximum Gasteiger partial charge on any atom is 0.474 e. The Morgan fingerprint density at radius 1 is 1.09 bits per heavy atom. The fraction of sp³-hybridized carbons (Fsp3) is 0.190. The van der Waals surface area contributed by atoms with E-state index in [1.165, 1.54) is 37.8 Å². The number of nitrogens with zero attached hydrogens (tertiary/aromatic N) is 3. The molecule has 12 heteroatoms. The molecule has 1 amide bonds. The van der Waals surface area contributed by atoms with E-state index in [9.17, 15) is 26.7 Å². The van der Waals surface area contributed by atoms with E-state index in [1.54, 1.807) is 12.1 Å². The van der Waals surface area contributed by atoms with Gasteiger partial charge in [0.05, 0.1) is 13.3 Å². The van der Waals surface area contributed by atoms with Crippen molar-refractivity contribution in [2.75, 3.05) is 18.7 Å². The van der Waals surface area contributed by atoms with Crippen molar-refractivity contribution < 1.29 is 31.5 Å². The summed E-state index contributed by atoms with van der Waals surface area (Å²) < 4.78 is 73.4. The summed E-state index contributed by atoms with van der Waals surface area (Å²) in [6.07, 6.45) is -1.18. The summed E-state index contributed by atoms with van der Waals surface area (Å²) >= 11 is 0. The van der Waals surface area contributed by atoms with Gasteiger partial charge < -0.3 is 10.1 Å². The van der Waals surface area contributed by atoms with E-state index in [1.807, 2.05) is 0 Å². The van der Waals surface area contributed by atoms with Crippen LogP contribution in [0.4, 0.5) is 33.6 Å². The molecule has 0 fully saturated rings. The van der Waals surface area contributed by atoms with Crippen LogP contribution in [-0.4, -0.2) is 35.4 Å². The van der Waals surface area contributed by atoms with Crippen molar-refractivity contribution in [1.82, 2.24) is 9.97 Å². The number of alkyl halides is 3. The highest BCUT2D eigenvalue weighted by Crippen LogP contribution is 2.33. The van der Waals surface area contributed by atoms with Gasteiger partial charge in [0.15, 0.2) is 0 Å². The van der Waals surface area contributed by atoms with E-state index in [0.29, 0.717) is 16.9 Å². The number of hydrogen-bond acceptors (Lipinski definition) is 5.